The molecule has 0 spiro atoms. The minimum absolute atomic E-state index is 0.319. The fourth-order valence-corrected chi connectivity index (χ4v) is 3.07. The van der Waals surface area contributed by atoms with E-state index in [-0.39, 0.29) is 0 Å². The topological polar surface area (TPSA) is 54.6 Å². The first-order chi connectivity index (χ1) is 8.09. The van der Waals surface area contributed by atoms with Crippen LogP contribution >= 0.6 is 11.3 Å². The number of nitrogens with zero attached hydrogens (tertiary/aromatic N) is 2. The van der Waals surface area contributed by atoms with Crippen LogP contribution in [0.1, 0.15) is 25.5 Å². The predicted octanol–water partition coefficient (Wildman–Crippen LogP) is 2.44. The molecule has 1 fully saturated rings. The van der Waals surface area contributed by atoms with Gasteiger partial charge in [0.05, 0.1) is 11.1 Å². The van der Waals surface area contributed by atoms with Crippen LogP contribution in [0, 0.1) is 11.3 Å². The summed E-state index contributed by atoms with van der Waals surface area (Å²) >= 11 is 1.57. The number of fused-ring (bicyclic) bond motifs is 1. The Labute approximate surface area is 103 Å². The number of carbonyl (C=O) groups is 1. The van der Waals surface area contributed by atoms with Gasteiger partial charge in [0.1, 0.15) is 0 Å². The second kappa shape index (κ2) is 3.57. The first-order valence-corrected chi connectivity index (χ1v) is 6.62. The first kappa shape index (κ1) is 10.8. The number of carboxylic acids is 1. The number of thiazole rings is 1. The van der Waals surface area contributed by atoms with Crippen molar-refractivity contribution >= 4 is 22.3 Å². The summed E-state index contributed by atoms with van der Waals surface area (Å²) in [7, 11) is 0. The standard InChI is InChI=1S/C12H14N2O2S/c1-12(10(15)16,8-2-3-8)6-9-7-14-4-5-17-11(14)13-9/h4-5,7-8H,2-3,6H2,1H3,(H,15,16). The molecule has 2 heterocycles. The monoisotopic (exact) mass is 250 g/mol. The zero-order valence-electron chi connectivity index (χ0n) is 9.59. The number of rotatable bonds is 4. The highest BCUT2D eigenvalue weighted by atomic mass is 32.1. The molecule has 2 aromatic rings. The van der Waals surface area contributed by atoms with Crippen LogP contribution in [0.5, 0.6) is 0 Å². The Morgan fingerprint density at radius 3 is 3.06 bits per heavy atom. The molecule has 4 nitrogen and oxygen atoms in total. The molecule has 1 N–H and O–H groups in total. The average Bonchev–Trinajstić information content (AvgIpc) is 2.92. The van der Waals surface area contributed by atoms with Crippen molar-refractivity contribution in [1.29, 1.82) is 0 Å². The maximum atomic E-state index is 11.4. The molecule has 0 aromatic carbocycles. The van der Waals surface area contributed by atoms with E-state index in [0.717, 1.165) is 23.5 Å². The minimum Gasteiger partial charge on any atom is -0.481 e. The molecule has 0 radical (unpaired) electrons. The molecule has 0 aliphatic heterocycles. The number of imidazole rings is 1. The number of hydrogen-bond donors (Lipinski definition) is 1. The summed E-state index contributed by atoms with van der Waals surface area (Å²) in [4.78, 5) is 16.8. The smallest absolute Gasteiger partial charge is 0.310 e. The van der Waals surface area contributed by atoms with E-state index in [1.165, 1.54) is 0 Å². The number of aliphatic carboxylic acids is 1. The highest BCUT2D eigenvalue weighted by Gasteiger charge is 2.47. The Balaban J connectivity index is 1.90. The molecule has 3 rings (SSSR count). The Kier molecular flexibility index (Phi) is 2.26. The molecule has 17 heavy (non-hydrogen) atoms. The van der Waals surface area contributed by atoms with Gasteiger partial charge < -0.3 is 5.11 Å². The lowest BCUT2D eigenvalue weighted by Crippen LogP contribution is -2.32. The molecule has 0 saturated heterocycles. The zero-order chi connectivity index (χ0) is 12.0. The quantitative estimate of drug-likeness (QED) is 0.906. The maximum Gasteiger partial charge on any atom is 0.310 e. The Hall–Kier alpha value is -1.36. The lowest BCUT2D eigenvalue weighted by molar-refractivity contribution is -0.149. The number of aromatic nitrogens is 2. The Morgan fingerprint density at radius 2 is 2.47 bits per heavy atom. The fraction of sp³-hybridized carbons (Fsp3) is 0.500. The van der Waals surface area contributed by atoms with Gasteiger partial charge in [-0.1, -0.05) is 0 Å². The number of carboxylic acid groups (broad SMARTS) is 1. The van der Waals surface area contributed by atoms with Crippen LogP contribution in [-0.4, -0.2) is 20.5 Å². The largest absolute Gasteiger partial charge is 0.481 e. The van der Waals surface area contributed by atoms with Crippen molar-refractivity contribution in [3.05, 3.63) is 23.5 Å². The van der Waals surface area contributed by atoms with E-state index in [1.807, 2.05) is 29.1 Å². The van der Waals surface area contributed by atoms with Crippen molar-refractivity contribution in [3.63, 3.8) is 0 Å². The van der Waals surface area contributed by atoms with Gasteiger partial charge in [-0.2, -0.15) is 0 Å². The molecule has 2 aromatic heterocycles. The van der Waals surface area contributed by atoms with Crippen molar-refractivity contribution in [2.45, 2.75) is 26.2 Å². The van der Waals surface area contributed by atoms with Gasteiger partial charge in [0.25, 0.3) is 0 Å². The summed E-state index contributed by atoms with van der Waals surface area (Å²) in [6.07, 6.45) is 6.48. The molecular weight excluding hydrogens is 236 g/mol. The summed E-state index contributed by atoms with van der Waals surface area (Å²) in [5.74, 6) is -0.379. The third-order valence-corrected chi connectivity index (χ3v) is 4.43. The molecule has 1 unspecified atom stereocenters. The van der Waals surface area contributed by atoms with Crippen LogP contribution in [0.25, 0.3) is 4.96 Å². The van der Waals surface area contributed by atoms with Gasteiger partial charge in [0, 0.05) is 24.2 Å². The Morgan fingerprint density at radius 1 is 1.71 bits per heavy atom. The van der Waals surface area contributed by atoms with Gasteiger partial charge in [-0.25, -0.2) is 4.98 Å². The highest BCUT2D eigenvalue weighted by Crippen LogP contribution is 2.47. The summed E-state index contributed by atoms with van der Waals surface area (Å²) in [6, 6.07) is 0. The summed E-state index contributed by atoms with van der Waals surface area (Å²) < 4.78 is 1.95. The normalized spacial score (nSPS) is 19.4. The molecule has 1 aliphatic carbocycles. The number of hydrogen-bond acceptors (Lipinski definition) is 3. The fourth-order valence-electron chi connectivity index (χ4n) is 2.35. The maximum absolute atomic E-state index is 11.4. The second-order valence-corrected chi connectivity index (χ2v) is 5.87. The Bertz CT molecular complexity index is 541. The van der Waals surface area contributed by atoms with E-state index in [4.69, 9.17) is 0 Å². The third kappa shape index (κ3) is 1.74. The molecule has 1 atom stereocenters. The molecule has 0 amide bonds. The molecule has 5 heteroatoms. The molecule has 1 saturated carbocycles. The van der Waals surface area contributed by atoms with E-state index in [1.54, 1.807) is 11.3 Å². The van der Waals surface area contributed by atoms with Crippen molar-refractivity contribution in [1.82, 2.24) is 9.38 Å². The van der Waals surface area contributed by atoms with E-state index >= 15 is 0 Å². The second-order valence-electron chi connectivity index (χ2n) is 5.00. The zero-order valence-corrected chi connectivity index (χ0v) is 10.4. The van der Waals surface area contributed by atoms with E-state index in [0.29, 0.717) is 12.3 Å². The molecule has 90 valence electrons. The van der Waals surface area contributed by atoms with Crippen LogP contribution < -0.4 is 0 Å². The lowest BCUT2D eigenvalue weighted by Gasteiger charge is -2.23. The minimum atomic E-state index is -0.698. The van der Waals surface area contributed by atoms with Gasteiger partial charge >= 0.3 is 5.97 Å². The van der Waals surface area contributed by atoms with Crippen LogP contribution in [-0.2, 0) is 11.2 Å². The van der Waals surface area contributed by atoms with E-state index in [2.05, 4.69) is 4.98 Å². The van der Waals surface area contributed by atoms with E-state index in [9.17, 15) is 9.90 Å². The third-order valence-electron chi connectivity index (χ3n) is 3.66. The molecule has 1 aliphatic rings. The van der Waals surface area contributed by atoms with Crippen LogP contribution in [0.15, 0.2) is 17.8 Å². The van der Waals surface area contributed by atoms with Gasteiger partial charge in [-0.3, -0.25) is 9.20 Å². The van der Waals surface area contributed by atoms with E-state index < -0.39 is 11.4 Å². The van der Waals surface area contributed by atoms with Crippen molar-refractivity contribution in [2.75, 3.05) is 0 Å². The van der Waals surface area contributed by atoms with Crippen LogP contribution in [0.2, 0.25) is 0 Å². The summed E-state index contributed by atoms with van der Waals surface area (Å²) in [6.45, 7) is 1.85. The summed E-state index contributed by atoms with van der Waals surface area (Å²) in [5, 5.41) is 11.4. The predicted molar refractivity (Wildman–Crippen MR) is 65.2 cm³/mol. The SMILES string of the molecule is CC(Cc1cn2ccsc2n1)(C(=O)O)C1CC1. The summed E-state index contributed by atoms with van der Waals surface area (Å²) in [5.41, 5.74) is 0.234. The van der Waals surface area contributed by atoms with Crippen molar-refractivity contribution in [2.24, 2.45) is 11.3 Å². The highest BCUT2D eigenvalue weighted by molar-refractivity contribution is 7.15. The van der Waals surface area contributed by atoms with Gasteiger partial charge in [0.2, 0.25) is 0 Å². The average molecular weight is 250 g/mol. The van der Waals surface area contributed by atoms with Crippen LogP contribution in [0.4, 0.5) is 0 Å². The molecule has 0 bridgehead atoms. The lowest BCUT2D eigenvalue weighted by atomic mass is 9.80. The van der Waals surface area contributed by atoms with Crippen LogP contribution in [0.3, 0.4) is 0 Å². The van der Waals surface area contributed by atoms with Crippen molar-refractivity contribution in [3.8, 4) is 0 Å². The first-order valence-electron chi connectivity index (χ1n) is 5.74. The van der Waals surface area contributed by atoms with Gasteiger partial charge in [-0.05, 0) is 25.7 Å². The van der Waals surface area contributed by atoms with Gasteiger partial charge in [0.15, 0.2) is 4.96 Å². The molecular formula is C12H14N2O2S. The van der Waals surface area contributed by atoms with Crippen molar-refractivity contribution < 1.29 is 9.90 Å². The van der Waals surface area contributed by atoms with Gasteiger partial charge in [-0.15, -0.1) is 11.3 Å².